The van der Waals surface area contributed by atoms with Crippen LogP contribution < -0.4 is 3.97 Å². The van der Waals surface area contributed by atoms with Crippen molar-refractivity contribution in [1.82, 2.24) is 0 Å². The van der Waals surface area contributed by atoms with Gasteiger partial charge in [0.05, 0.1) is 11.9 Å². The second kappa shape index (κ2) is 6.45. The number of hydrogen-bond donors (Lipinski definition) is 3. The zero-order valence-electron chi connectivity index (χ0n) is 10.2. The lowest BCUT2D eigenvalue weighted by molar-refractivity contribution is -0.493. The Morgan fingerprint density at radius 1 is 1.11 bits per heavy atom. The van der Waals surface area contributed by atoms with Gasteiger partial charge in [0.1, 0.15) is 0 Å². The molecule has 1 atom stereocenters. The molecule has 0 aliphatic carbocycles. The Hall–Kier alpha value is -1.72. The Morgan fingerprint density at radius 2 is 1.84 bits per heavy atom. The molecule has 5 heteroatoms. The highest BCUT2D eigenvalue weighted by atomic mass is 32.2. The van der Waals surface area contributed by atoms with Crippen molar-refractivity contribution in [2.45, 2.75) is 12.5 Å². The van der Waals surface area contributed by atoms with E-state index in [1.165, 1.54) is 18.0 Å². The van der Waals surface area contributed by atoms with Crippen LogP contribution in [0.1, 0.15) is 18.1 Å². The summed E-state index contributed by atoms with van der Waals surface area (Å²) < 4.78 is 1.90. The highest BCUT2D eigenvalue weighted by Gasteiger charge is 2.16. The first-order valence-corrected chi connectivity index (χ1v) is 6.66. The van der Waals surface area contributed by atoms with E-state index in [1.807, 2.05) is 40.3 Å². The van der Waals surface area contributed by atoms with Crippen LogP contribution in [0.2, 0.25) is 0 Å². The third-order valence-electron chi connectivity index (χ3n) is 2.61. The Morgan fingerprint density at radius 3 is 2.58 bits per heavy atom. The summed E-state index contributed by atoms with van der Waals surface area (Å²) in [4.78, 5) is 0. The van der Waals surface area contributed by atoms with Gasteiger partial charge in [-0.1, -0.05) is 18.2 Å². The summed E-state index contributed by atoms with van der Waals surface area (Å²) in [5.74, 6) is 1.36. The first-order chi connectivity index (χ1) is 9.18. The number of aromatic nitrogens is 1. The zero-order chi connectivity index (χ0) is 13.7. The third kappa shape index (κ3) is 3.62. The summed E-state index contributed by atoms with van der Waals surface area (Å²) in [5, 5.41) is 29.0. The maximum absolute atomic E-state index is 9.98. The number of phenols is 2. The van der Waals surface area contributed by atoms with Gasteiger partial charge in [-0.2, -0.15) is 0 Å². The van der Waals surface area contributed by atoms with Crippen LogP contribution in [-0.4, -0.2) is 15.3 Å². The predicted octanol–water partition coefficient (Wildman–Crippen LogP) is 2.17. The van der Waals surface area contributed by atoms with E-state index in [4.69, 9.17) is 0 Å². The molecular formula is C14H15NO3S+. The molecule has 1 unspecified atom stereocenters. The fourth-order valence-electron chi connectivity index (χ4n) is 1.62. The van der Waals surface area contributed by atoms with Crippen LogP contribution in [0.15, 0.2) is 48.8 Å². The summed E-state index contributed by atoms with van der Waals surface area (Å²) in [6.45, 7) is 0. The maximum atomic E-state index is 9.98. The number of aromatic hydroxyl groups is 2. The minimum Gasteiger partial charge on any atom is -0.504 e. The van der Waals surface area contributed by atoms with Crippen LogP contribution in [0.5, 0.6) is 11.5 Å². The Labute approximate surface area is 116 Å². The van der Waals surface area contributed by atoms with Crippen molar-refractivity contribution >= 4 is 11.9 Å². The van der Waals surface area contributed by atoms with Gasteiger partial charge >= 0.3 is 0 Å². The van der Waals surface area contributed by atoms with Gasteiger partial charge < -0.3 is 15.3 Å². The number of pyridine rings is 1. The quantitative estimate of drug-likeness (QED) is 0.579. The molecule has 0 spiro atoms. The smallest absolute Gasteiger partial charge is 0.183 e. The van der Waals surface area contributed by atoms with Gasteiger partial charge in [0.15, 0.2) is 35.8 Å². The Bertz CT molecular complexity index is 533. The number of hydrogen-bond acceptors (Lipinski definition) is 4. The summed E-state index contributed by atoms with van der Waals surface area (Å²) in [6, 6.07) is 10.3. The molecule has 0 saturated carbocycles. The average Bonchev–Trinajstić information content (AvgIpc) is 2.43. The van der Waals surface area contributed by atoms with Crippen LogP contribution in [0.3, 0.4) is 0 Å². The number of phenolic OH excluding ortho intramolecular Hbond substituents is 2. The van der Waals surface area contributed by atoms with E-state index >= 15 is 0 Å². The molecular weight excluding hydrogens is 262 g/mol. The first-order valence-electron chi connectivity index (χ1n) is 5.82. The number of aliphatic hydroxyl groups excluding tert-OH is 1. The minimum atomic E-state index is -0.844. The molecule has 19 heavy (non-hydrogen) atoms. The maximum Gasteiger partial charge on any atom is 0.183 e. The number of rotatable bonds is 5. The molecule has 0 bridgehead atoms. The fraction of sp³-hybridized carbons (Fsp3) is 0.143. The first kappa shape index (κ1) is 13.7. The lowest BCUT2D eigenvalue weighted by Gasteiger charge is -2.11. The molecule has 0 saturated heterocycles. The molecule has 4 nitrogen and oxygen atoms in total. The number of aliphatic hydroxyl groups is 1. The average molecular weight is 277 g/mol. The summed E-state index contributed by atoms with van der Waals surface area (Å²) in [6.07, 6.45) is 3.33. The summed E-state index contributed by atoms with van der Waals surface area (Å²) in [7, 11) is 0. The zero-order valence-corrected chi connectivity index (χ0v) is 11.0. The number of para-hydroxylation sites is 1. The molecule has 2 aromatic rings. The summed E-state index contributed by atoms with van der Waals surface area (Å²) >= 11 is 1.44. The molecule has 0 fully saturated rings. The molecule has 1 aromatic carbocycles. The predicted molar refractivity (Wildman–Crippen MR) is 73.3 cm³/mol. The lowest BCUT2D eigenvalue weighted by atomic mass is 10.1. The second-order valence-electron chi connectivity index (χ2n) is 3.97. The van der Waals surface area contributed by atoms with Crippen molar-refractivity contribution in [3.63, 3.8) is 0 Å². The van der Waals surface area contributed by atoms with Gasteiger partial charge in [0.25, 0.3) is 0 Å². The Balaban J connectivity index is 1.91. The monoisotopic (exact) mass is 277 g/mol. The normalized spacial score (nSPS) is 12.3. The molecule has 0 amide bonds. The van der Waals surface area contributed by atoms with Crippen molar-refractivity contribution in [2.24, 2.45) is 0 Å². The topological polar surface area (TPSA) is 64.6 Å². The van der Waals surface area contributed by atoms with Crippen molar-refractivity contribution in [3.05, 3.63) is 60.1 Å². The van der Waals surface area contributed by atoms with E-state index in [9.17, 15) is 15.3 Å². The standard InChI is InChI=1S/C14H14NO3S/c16-12(11-5-4-6-13(17)14(11)18)7-10-19-15-8-2-1-3-9-15/h1-6,8-10,12,16H,7H2,(H-,17,18)/p+1. The van der Waals surface area contributed by atoms with Gasteiger partial charge in [-0.3, -0.25) is 0 Å². The van der Waals surface area contributed by atoms with Crippen LogP contribution in [-0.2, 0) is 0 Å². The molecule has 1 aromatic heterocycles. The molecule has 3 N–H and O–H groups in total. The number of benzene rings is 1. The SMILES string of the molecule is Oc1cccc(C(O)C[CH]S[n+]2ccccc2)c1O. The van der Waals surface area contributed by atoms with E-state index < -0.39 is 6.10 Å². The van der Waals surface area contributed by atoms with Gasteiger partial charge in [-0.25, -0.2) is 0 Å². The van der Waals surface area contributed by atoms with Crippen molar-refractivity contribution in [1.29, 1.82) is 0 Å². The second-order valence-corrected chi connectivity index (χ2v) is 4.94. The largest absolute Gasteiger partial charge is 0.504 e. The molecule has 1 heterocycles. The molecule has 1 radical (unpaired) electrons. The van der Waals surface area contributed by atoms with E-state index in [-0.39, 0.29) is 11.5 Å². The number of nitrogens with zero attached hydrogens (tertiary/aromatic N) is 1. The lowest BCUT2D eigenvalue weighted by Crippen LogP contribution is -2.22. The minimum absolute atomic E-state index is 0.221. The molecule has 0 aliphatic heterocycles. The third-order valence-corrected chi connectivity index (χ3v) is 3.44. The van der Waals surface area contributed by atoms with Crippen molar-refractivity contribution in [2.75, 3.05) is 0 Å². The van der Waals surface area contributed by atoms with E-state index in [0.29, 0.717) is 12.0 Å². The highest BCUT2D eigenvalue weighted by molar-refractivity contribution is 7.94. The summed E-state index contributed by atoms with van der Waals surface area (Å²) in [5.41, 5.74) is 0.329. The fourth-order valence-corrected chi connectivity index (χ4v) is 2.34. The molecule has 99 valence electrons. The van der Waals surface area contributed by atoms with Crippen LogP contribution in [0.25, 0.3) is 0 Å². The molecule has 2 rings (SSSR count). The van der Waals surface area contributed by atoms with Crippen LogP contribution >= 0.6 is 11.9 Å². The highest BCUT2D eigenvalue weighted by Crippen LogP contribution is 2.34. The Kier molecular flexibility index (Phi) is 4.65. The van der Waals surface area contributed by atoms with Crippen molar-refractivity contribution in [3.8, 4) is 11.5 Å². The van der Waals surface area contributed by atoms with Gasteiger partial charge in [-0.05, 0) is 12.5 Å². The van der Waals surface area contributed by atoms with Crippen LogP contribution in [0, 0.1) is 5.75 Å². The van der Waals surface area contributed by atoms with Crippen LogP contribution in [0.4, 0.5) is 0 Å². The molecule has 0 aliphatic rings. The van der Waals surface area contributed by atoms with E-state index in [1.54, 1.807) is 12.1 Å². The van der Waals surface area contributed by atoms with Gasteiger partial charge in [0.2, 0.25) is 0 Å². The van der Waals surface area contributed by atoms with Gasteiger partial charge in [-0.15, -0.1) is 3.97 Å². The van der Waals surface area contributed by atoms with E-state index in [0.717, 1.165) is 0 Å². The van der Waals surface area contributed by atoms with E-state index in [2.05, 4.69) is 0 Å². The van der Waals surface area contributed by atoms with Gasteiger partial charge in [0, 0.05) is 17.7 Å². The van der Waals surface area contributed by atoms with Crippen molar-refractivity contribution < 1.29 is 19.3 Å².